The molecule has 2 atom stereocenters. The zero-order valence-electron chi connectivity index (χ0n) is 11.8. The number of carbonyl (C=O) groups is 2. The molecule has 2 unspecified atom stereocenters. The third-order valence-electron chi connectivity index (χ3n) is 4.26. The van der Waals surface area contributed by atoms with Crippen molar-refractivity contribution in [2.24, 2.45) is 0 Å². The fourth-order valence-electron chi connectivity index (χ4n) is 3.03. The van der Waals surface area contributed by atoms with Crippen LogP contribution < -0.4 is 0 Å². The number of carboxylic acid groups (broad SMARTS) is 1. The predicted octanol–water partition coefficient (Wildman–Crippen LogP) is 1.15. The molecule has 2 aliphatic rings. The zero-order valence-corrected chi connectivity index (χ0v) is 11.8. The molecular weight excluding hydrogens is 248 g/mol. The standard InChI is InChI=1S/C13H22N2O4/c1-13(2)5-4-6-15(13)12(18)14-8-9(19-3)7-10(14)11(16)17/h9-10H,4-8H2,1-3H3,(H,16,17). The molecule has 0 aliphatic carbocycles. The van der Waals surface area contributed by atoms with Crippen LogP contribution in [0.1, 0.15) is 33.1 Å². The molecule has 6 nitrogen and oxygen atoms in total. The molecule has 0 saturated carbocycles. The van der Waals surface area contributed by atoms with Crippen LogP contribution in [0.4, 0.5) is 4.79 Å². The number of amides is 2. The molecule has 0 aromatic rings. The number of ether oxygens (including phenoxy) is 1. The first kappa shape index (κ1) is 14.1. The predicted molar refractivity (Wildman–Crippen MR) is 69.0 cm³/mol. The summed E-state index contributed by atoms with van der Waals surface area (Å²) < 4.78 is 5.21. The van der Waals surface area contributed by atoms with Gasteiger partial charge in [-0.15, -0.1) is 0 Å². The van der Waals surface area contributed by atoms with E-state index in [-0.39, 0.29) is 17.7 Å². The summed E-state index contributed by atoms with van der Waals surface area (Å²) in [5.41, 5.74) is -0.189. The number of urea groups is 1. The normalized spacial score (nSPS) is 29.8. The van der Waals surface area contributed by atoms with Crippen LogP contribution in [0.5, 0.6) is 0 Å². The second-order valence-corrected chi connectivity index (χ2v) is 5.95. The minimum atomic E-state index is -0.954. The van der Waals surface area contributed by atoms with Crippen molar-refractivity contribution < 1.29 is 19.4 Å². The van der Waals surface area contributed by atoms with Crippen molar-refractivity contribution in [1.29, 1.82) is 0 Å². The Balaban J connectivity index is 2.15. The van der Waals surface area contributed by atoms with E-state index in [1.165, 1.54) is 4.90 Å². The molecule has 2 aliphatic heterocycles. The van der Waals surface area contributed by atoms with Crippen molar-refractivity contribution in [2.75, 3.05) is 20.2 Å². The number of rotatable bonds is 2. The van der Waals surface area contributed by atoms with Gasteiger partial charge in [-0.05, 0) is 26.7 Å². The summed E-state index contributed by atoms with van der Waals surface area (Å²) in [5.74, 6) is -0.954. The Labute approximate surface area is 113 Å². The summed E-state index contributed by atoms with van der Waals surface area (Å²) >= 11 is 0. The van der Waals surface area contributed by atoms with E-state index >= 15 is 0 Å². The van der Waals surface area contributed by atoms with Crippen LogP contribution in [-0.4, -0.2) is 64.8 Å². The third-order valence-corrected chi connectivity index (χ3v) is 4.26. The van der Waals surface area contributed by atoms with Gasteiger partial charge in [0.2, 0.25) is 0 Å². The highest BCUT2D eigenvalue weighted by Crippen LogP contribution is 2.31. The second kappa shape index (κ2) is 5.00. The van der Waals surface area contributed by atoms with Gasteiger partial charge in [-0.2, -0.15) is 0 Å². The molecule has 0 aromatic carbocycles. The van der Waals surface area contributed by atoms with Crippen molar-refractivity contribution in [3.63, 3.8) is 0 Å². The smallest absolute Gasteiger partial charge is 0.326 e. The summed E-state index contributed by atoms with van der Waals surface area (Å²) in [6, 6.07) is -0.941. The van der Waals surface area contributed by atoms with E-state index in [1.807, 2.05) is 13.8 Å². The van der Waals surface area contributed by atoms with Gasteiger partial charge in [0.1, 0.15) is 6.04 Å². The first-order valence-corrected chi connectivity index (χ1v) is 6.70. The third kappa shape index (κ3) is 2.54. The van der Waals surface area contributed by atoms with E-state index < -0.39 is 12.0 Å². The highest BCUT2D eigenvalue weighted by Gasteiger charge is 2.45. The van der Waals surface area contributed by atoms with Crippen molar-refractivity contribution in [3.05, 3.63) is 0 Å². The Bertz CT molecular complexity index is 383. The Kier molecular flexibility index (Phi) is 3.71. The van der Waals surface area contributed by atoms with Gasteiger partial charge in [-0.25, -0.2) is 9.59 Å². The molecule has 0 aromatic heterocycles. The van der Waals surface area contributed by atoms with Gasteiger partial charge in [-0.1, -0.05) is 0 Å². The maximum Gasteiger partial charge on any atom is 0.326 e. The maximum atomic E-state index is 12.6. The summed E-state index contributed by atoms with van der Waals surface area (Å²) in [4.78, 5) is 27.1. The van der Waals surface area contributed by atoms with Crippen LogP contribution in [-0.2, 0) is 9.53 Å². The Morgan fingerprint density at radius 1 is 1.37 bits per heavy atom. The van der Waals surface area contributed by atoms with Crippen molar-refractivity contribution in [3.8, 4) is 0 Å². The lowest BCUT2D eigenvalue weighted by atomic mass is 10.0. The lowest BCUT2D eigenvalue weighted by Gasteiger charge is -2.36. The van der Waals surface area contributed by atoms with Gasteiger partial charge < -0.3 is 19.6 Å². The van der Waals surface area contributed by atoms with Crippen LogP contribution >= 0.6 is 0 Å². The molecule has 0 spiro atoms. The Hall–Kier alpha value is -1.30. The fraction of sp³-hybridized carbons (Fsp3) is 0.846. The number of hydrogen-bond acceptors (Lipinski definition) is 3. The van der Waals surface area contributed by atoms with E-state index in [4.69, 9.17) is 4.74 Å². The van der Waals surface area contributed by atoms with Crippen LogP contribution in [0, 0.1) is 0 Å². The highest BCUT2D eigenvalue weighted by molar-refractivity contribution is 5.84. The lowest BCUT2D eigenvalue weighted by Crippen LogP contribution is -2.52. The minimum absolute atomic E-state index is 0.172. The highest BCUT2D eigenvalue weighted by atomic mass is 16.5. The molecule has 2 heterocycles. The van der Waals surface area contributed by atoms with E-state index in [1.54, 1.807) is 12.0 Å². The Morgan fingerprint density at radius 2 is 2.05 bits per heavy atom. The summed E-state index contributed by atoms with van der Waals surface area (Å²) in [6.45, 7) is 5.11. The van der Waals surface area contributed by atoms with E-state index in [0.29, 0.717) is 19.5 Å². The lowest BCUT2D eigenvalue weighted by molar-refractivity contribution is -0.141. The SMILES string of the molecule is COC1CC(C(=O)O)N(C(=O)N2CCCC2(C)C)C1. The largest absolute Gasteiger partial charge is 0.480 e. The van der Waals surface area contributed by atoms with Crippen molar-refractivity contribution >= 4 is 12.0 Å². The molecule has 2 rings (SSSR count). The molecule has 0 radical (unpaired) electrons. The van der Waals surface area contributed by atoms with Gasteiger partial charge in [0.15, 0.2) is 0 Å². The first-order valence-electron chi connectivity index (χ1n) is 6.70. The zero-order chi connectivity index (χ0) is 14.2. The average molecular weight is 270 g/mol. The molecule has 2 saturated heterocycles. The van der Waals surface area contributed by atoms with E-state index in [2.05, 4.69) is 0 Å². The number of carbonyl (C=O) groups excluding carboxylic acids is 1. The fourth-order valence-corrected chi connectivity index (χ4v) is 3.03. The molecule has 2 fully saturated rings. The molecule has 108 valence electrons. The van der Waals surface area contributed by atoms with Crippen LogP contribution in [0.25, 0.3) is 0 Å². The minimum Gasteiger partial charge on any atom is -0.480 e. The molecule has 1 N–H and O–H groups in total. The van der Waals surface area contributed by atoms with Crippen LogP contribution in [0.2, 0.25) is 0 Å². The quantitative estimate of drug-likeness (QED) is 0.817. The van der Waals surface area contributed by atoms with E-state index in [0.717, 1.165) is 12.8 Å². The monoisotopic (exact) mass is 270 g/mol. The van der Waals surface area contributed by atoms with Gasteiger partial charge in [0.05, 0.1) is 6.10 Å². The second-order valence-electron chi connectivity index (χ2n) is 5.95. The molecular formula is C13H22N2O4. The number of carboxylic acids is 1. The summed E-state index contributed by atoms with van der Waals surface area (Å²) in [6.07, 6.45) is 2.11. The number of hydrogen-bond donors (Lipinski definition) is 1. The number of methoxy groups -OCH3 is 1. The Morgan fingerprint density at radius 3 is 2.53 bits per heavy atom. The van der Waals surface area contributed by atoms with Gasteiger partial charge in [0.25, 0.3) is 0 Å². The van der Waals surface area contributed by atoms with Crippen LogP contribution in [0.15, 0.2) is 0 Å². The number of nitrogens with zero attached hydrogens (tertiary/aromatic N) is 2. The first-order chi connectivity index (χ1) is 8.86. The summed E-state index contributed by atoms with van der Waals surface area (Å²) in [7, 11) is 1.55. The van der Waals surface area contributed by atoms with Crippen molar-refractivity contribution in [1.82, 2.24) is 9.80 Å². The molecule has 19 heavy (non-hydrogen) atoms. The van der Waals surface area contributed by atoms with Crippen LogP contribution in [0.3, 0.4) is 0 Å². The molecule has 6 heteroatoms. The van der Waals surface area contributed by atoms with Gasteiger partial charge in [0, 0.05) is 32.2 Å². The van der Waals surface area contributed by atoms with Gasteiger partial charge >= 0.3 is 12.0 Å². The van der Waals surface area contributed by atoms with Crippen molar-refractivity contribution in [2.45, 2.75) is 50.8 Å². The molecule has 2 amide bonds. The maximum absolute atomic E-state index is 12.6. The number of aliphatic carboxylic acids is 1. The van der Waals surface area contributed by atoms with E-state index in [9.17, 15) is 14.7 Å². The number of likely N-dealkylation sites (tertiary alicyclic amines) is 2. The summed E-state index contributed by atoms with van der Waals surface area (Å²) in [5, 5.41) is 9.25. The average Bonchev–Trinajstić information content (AvgIpc) is 2.91. The molecule has 0 bridgehead atoms. The topological polar surface area (TPSA) is 70.1 Å². The van der Waals surface area contributed by atoms with Gasteiger partial charge in [-0.3, -0.25) is 0 Å².